The number of ether oxygens (including phenoxy) is 3. The van der Waals surface area contributed by atoms with Gasteiger partial charge >= 0.3 is 5.97 Å². The number of esters is 1. The average molecular weight is 544 g/mol. The summed E-state index contributed by atoms with van der Waals surface area (Å²) in [6.07, 6.45) is 3.52. The minimum atomic E-state index is -1.42. The Morgan fingerprint density at radius 2 is 1.78 bits per heavy atom. The van der Waals surface area contributed by atoms with E-state index in [9.17, 15) is 9.00 Å². The van der Waals surface area contributed by atoms with Crippen molar-refractivity contribution in [2.75, 3.05) is 27.6 Å². The lowest BCUT2D eigenvalue weighted by atomic mass is 9.62. The number of carbonyl (C=O) groups is 1. The van der Waals surface area contributed by atoms with E-state index in [2.05, 4.69) is 25.5 Å². The van der Waals surface area contributed by atoms with Crippen molar-refractivity contribution in [1.82, 2.24) is 4.72 Å². The summed E-state index contributed by atoms with van der Waals surface area (Å²) in [6, 6.07) is 5.99. The molecule has 36 heavy (non-hydrogen) atoms. The number of methoxy groups -OCH3 is 2. The highest BCUT2D eigenvalue weighted by Crippen LogP contribution is 2.48. The van der Waals surface area contributed by atoms with Gasteiger partial charge < -0.3 is 14.2 Å². The Labute approximate surface area is 225 Å². The summed E-state index contributed by atoms with van der Waals surface area (Å²) in [5.41, 5.74) is 1.16. The van der Waals surface area contributed by atoms with Crippen molar-refractivity contribution in [3.8, 4) is 0 Å². The number of hydrogen-bond donors (Lipinski definition) is 1. The quantitative estimate of drug-likeness (QED) is 0.198. The molecule has 3 atom stereocenters. The molecule has 1 aromatic carbocycles. The molecule has 0 aliphatic heterocycles. The van der Waals surface area contributed by atoms with Gasteiger partial charge in [-0.15, -0.1) is 0 Å². The number of nitrogens with one attached hydrogen (secondary N) is 1. The van der Waals surface area contributed by atoms with Crippen LogP contribution in [-0.4, -0.2) is 42.5 Å². The highest BCUT2D eigenvalue weighted by atomic mass is 35.5. The van der Waals surface area contributed by atoms with E-state index in [1.165, 1.54) is 7.11 Å². The first kappa shape index (κ1) is 31.2. The van der Waals surface area contributed by atoms with Crippen molar-refractivity contribution in [3.63, 3.8) is 0 Å². The molecule has 0 radical (unpaired) electrons. The molecule has 1 aliphatic rings. The van der Waals surface area contributed by atoms with Crippen LogP contribution in [0.2, 0.25) is 5.02 Å². The molecule has 0 spiro atoms. The van der Waals surface area contributed by atoms with Crippen molar-refractivity contribution in [1.29, 1.82) is 0 Å². The smallest absolute Gasteiger partial charge is 0.311 e. The molecule has 1 N–H and O–H groups in total. The monoisotopic (exact) mass is 543 g/mol. The first-order valence-corrected chi connectivity index (χ1v) is 14.3. The molecule has 1 aliphatic carbocycles. The van der Waals surface area contributed by atoms with Crippen LogP contribution in [0.25, 0.3) is 0 Å². The highest BCUT2D eigenvalue weighted by Gasteiger charge is 2.51. The lowest BCUT2D eigenvalue weighted by Crippen LogP contribution is -2.57. The van der Waals surface area contributed by atoms with Gasteiger partial charge in [0.1, 0.15) is 6.79 Å². The van der Waals surface area contributed by atoms with E-state index in [0.717, 1.165) is 36.8 Å². The third-order valence-corrected chi connectivity index (χ3v) is 9.11. The number of halogens is 1. The second-order valence-electron chi connectivity index (χ2n) is 12.4. The first-order chi connectivity index (χ1) is 16.6. The fraction of sp³-hybridized carbons (Fsp3) is 0.750. The van der Waals surface area contributed by atoms with Crippen LogP contribution in [0.3, 0.4) is 0 Å². The van der Waals surface area contributed by atoms with Gasteiger partial charge in [-0.25, -0.2) is 8.93 Å². The molecule has 8 heteroatoms. The van der Waals surface area contributed by atoms with Crippen molar-refractivity contribution < 1.29 is 23.2 Å². The zero-order valence-electron chi connectivity index (χ0n) is 23.5. The zero-order chi connectivity index (χ0) is 27.3. The number of hydrogen-bond acceptors (Lipinski definition) is 5. The summed E-state index contributed by atoms with van der Waals surface area (Å²) in [4.78, 5) is 13.3. The van der Waals surface area contributed by atoms with Gasteiger partial charge in [0.2, 0.25) is 0 Å². The van der Waals surface area contributed by atoms with Crippen LogP contribution in [0.1, 0.15) is 78.9 Å². The van der Waals surface area contributed by atoms with Crippen molar-refractivity contribution in [2.24, 2.45) is 23.2 Å². The van der Waals surface area contributed by atoms with Crippen LogP contribution in [0.15, 0.2) is 18.2 Å². The van der Waals surface area contributed by atoms with E-state index in [4.69, 9.17) is 25.8 Å². The second-order valence-corrected chi connectivity index (χ2v) is 14.8. The summed E-state index contributed by atoms with van der Waals surface area (Å²) in [5, 5.41) is 0.661. The van der Waals surface area contributed by atoms with Crippen LogP contribution in [-0.2, 0) is 42.0 Å². The molecular formula is C28H46ClNO5S. The van der Waals surface area contributed by atoms with Crippen LogP contribution in [0.5, 0.6) is 0 Å². The zero-order valence-corrected chi connectivity index (χ0v) is 25.1. The third kappa shape index (κ3) is 8.26. The first-order valence-electron chi connectivity index (χ1n) is 12.8. The van der Waals surface area contributed by atoms with Gasteiger partial charge in [0.05, 0.1) is 40.9 Å². The highest BCUT2D eigenvalue weighted by molar-refractivity contribution is 7.84. The fourth-order valence-corrected chi connectivity index (χ4v) is 5.96. The molecule has 0 saturated heterocycles. The van der Waals surface area contributed by atoms with Crippen molar-refractivity contribution in [2.45, 2.75) is 84.4 Å². The minimum Gasteiger partial charge on any atom is -0.469 e. The lowest BCUT2D eigenvalue weighted by Gasteiger charge is -2.47. The standard InChI is InChI=1S/C28H46ClNO5S/c1-26(2,3)13-12-20-10-11-22(16-23(20)29)28(7,30-36(32)27(4,5)6)24(25(31)34-9)21-14-19(15-21)17-35-18-33-8/h10-11,16,19,21,24,30H,12-15,17-18H2,1-9H3/t19?,21?,24?,28-,36?/m0/s1. The van der Waals surface area contributed by atoms with E-state index in [1.54, 1.807) is 7.11 Å². The Bertz CT molecular complexity index is 904. The van der Waals surface area contributed by atoms with Crippen LogP contribution < -0.4 is 4.72 Å². The SMILES string of the molecule is COCOCC1CC(C(C(=O)OC)[C@@](C)(NS(=O)C(C)(C)C)c2ccc(CCC(C)(C)C)c(Cl)c2)C1. The molecule has 0 heterocycles. The number of benzene rings is 1. The molecule has 2 unspecified atom stereocenters. The molecule has 0 amide bonds. The predicted octanol–water partition coefficient (Wildman–Crippen LogP) is 6.02. The normalized spacial score (nSPS) is 21.8. The fourth-order valence-electron chi connectivity index (χ4n) is 4.75. The van der Waals surface area contributed by atoms with Gasteiger partial charge in [0, 0.05) is 12.1 Å². The van der Waals surface area contributed by atoms with Gasteiger partial charge in [-0.3, -0.25) is 4.79 Å². The number of rotatable bonds is 12. The van der Waals surface area contributed by atoms with E-state index < -0.39 is 27.2 Å². The molecule has 2 rings (SSSR count). The third-order valence-electron chi connectivity index (χ3n) is 7.03. The lowest BCUT2D eigenvalue weighted by molar-refractivity contribution is -0.155. The van der Waals surface area contributed by atoms with E-state index in [1.807, 2.05) is 45.9 Å². The van der Waals surface area contributed by atoms with Gasteiger partial charge in [0.25, 0.3) is 0 Å². The van der Waals surface area contributed by atoms with Gasteiger partial charge in [-0.2, -0.15) is 0 Å². The van der Waals surface area contributed by atoms with Crippen molar-refractivity contribution >= 4 is 28.6 Å². The Morgan fingerprint density at radius 1 is 1.14 bits per heavy atom. The topological polar surface area (TPSA) is 73.9 Å². The van der Waals surface area contributed by atoms with Gasteiger partial charge in [-0.1, -0.05) is 44.5 Å². The Balaban J connectivity index is 2.43. The number of carbonyl (C=O) groups excluding carboxylic acids is 1. The van der Waals surface area contributed by atoms with E-state index in [-0.39, 0.29) is 24.1 Å². The van der Waals surface area contributed by atoms with Crippen molar-refractivity contribution in [3.05, 3.63) is 34.3 Å². The summed E-state index contributed by atoms with van der Waals surface area (Å²) >= 11 is 6.78. The summed E-state index contributed by atoms with van der Waals surface area (Å²) in [7, 11) is 1.59. The Kier molecular flexibility index (Phi) is 11.0. The Hall–Kier alpha value is -0.990. The molecule has 1 aromatic rings. The van der Waals surface area contributed by atoms with Gasteiger partial charge in [0.15, 0.2) is 0 Å². The summed E-state index contributed by atoms with van der Waals surface area (Å²) < 4.78 is 32.0. The van der Waals surface area contributed by atoms with E-state index >= 15 is 0 Å². The van der Waals surface area contributed by atoms with Gasteiger partial charge in [-0.05, 0) is 87.8 Å². The summed E-state index contributed by atoms with van der Waals surface area (Å²) in [5.74, 6) is -0.450. The molecule has 1 fully saturated rings. The minimum absolute atomic E-state index is 0.0578. The molecule has 0 aromatic heterocycles. The Morgan fingerprint density at radius 3 is 2.28 bits per heavy atom. The van der Waals surface area contributed by atoms with Crippen LogP contribution in [0.4, 0.5) is 0 Å². The molecule has 206 valence electrons. The maximum atomic E-state index is 13.4. The second kappa shape index (κ2) is 12.7. The molecule has 6 nitrogen and oxygen atoms in total. The molecule has 1 saturated carbocycles. The largest absolute Gasteiger partial charge is 0.469 e. The summed E-state index contributed by atoms with van der Waals surface area (Å²) in [6.45, 7) is 15.2. The number of aryl methyl sites for hydroxylation is 1. The molecule has 0 bridgehead atoms. The maximum Gasteiger partial charge on any atom is 0.311 e. The molecular weight excluding hydrogens is 498 g/mol. The van der Waals surface area contributed by atoms with Crippen LogP contribution >= 0.6 is 11.6 Å². The predicted molar refractivity (Wildman–Crippen MR) is 147 cm³/mol. The maximum absolute atomic E-state index is 13.4. The van der Waals surface area contributed by atoms with Crippen LogP contribution in [0, 0.1) is 23.2 Å². The average Bonchev–Trinajstić information content (AvgIpc) is 2.74. The van der Waals surface area contributed by atoms with E-state index in [0.29, 0.717) is 17.5 Å².